The van der Waals surface area contributed by atoms with Gasteiger partial charge < -0.3 is 10.0 Å². The summed E-state index contributed by atoms with van der Waals surface area (Å²) in [5, 5.41) is 37.1. The fraction of sp³-hybridized carbons (Fsp3) is 0.429. The predicted molar refractivity (Wildman–Crippen MR) is 73.5 cm³/mol. The van der Waals surface area contributed by atoms with Crippen molar-refractivity contribution in [3.05, 3.63) is 29.3 Å². The van der Waals surface area contributed by atoms with Crippen molar-refractivity contribution < 1.29 is 10.0 Å². The van der Waals surface area contributed by atoms with Gasteiger partial charge in [-0.3, -0.25) is 0 Å². The van der Waals surface area contributed by atoms with Gasteiger partial charge in [-0.25, -0.2) is 0 Å². The molecular formula is C14H17BN2O2. The van der Waals surface area contributed by atoms with Gasteiger partial charge in [-0.05, 0) is 44.3 Å². The summed E-state index contributed by atoms with van der Waals surface area (Å²) in [6, 6.07) is 9.30. The van der Waals surface area contributed by atoms with E-state index in [1.165, 1.54) is 0 Å². The molecule has 1 aromatic carbocycles. The molecule has 4 nitrogen and oxygen atoms in total. The molecular weight excluding hydrogens is 239 g/mol. The second kappa shape index (κ2) is 5.05. The quantitative estimate of drug-likeness (QED) is 0.788. The number of benzene rings is 1. The van der Waals surface area contributed by atoms with Crippen LogP contribution in [0.25, 0.3) is 0 Å². The van der Waals surface area contributed by atoms with Crippen molar-refractivity contribution in [2.24, 2.45) is 0 Å². The summed E-state index contributed by atoms with van der Waals surface area (Å²) in [7, 11) is -1.62. The smallest absolute Gasteiger partial charge is 0.423 e. The molecule has 98 valence electrons. The third-order valence-electron chi connectivity index (χ3n) is 3.26. The maximum absolute atomic E-state index is 9.34. The number of nitriles is 2. The van der Waals surface area contributed by atoms with Crippen LogP contribution in [0.3, 0.4) is 0 Å². The molecule has 2 N–H and O–H groups in total. The Morgan fingerprint density at radius 3 is 1.53 bits per heavy atom. The average Bonchev–Trinajstić information content (AvgIpc) is 2.38. The second-order valence-corrected chi connectivity index (χ2v) is 5.69. The molecule has 0 bridgehead atoms. The molecule has 0 unspecified atom stereocenters. The minimum absolute atomic E-state index is 0.291. The molecule has 0 spiro atoms. The summed E-state index contributed by atoms with van der Waals surface area (Å²) in [4.78, 5) is 0. The molecule has 0 aliphatic carbocycles. The molecule has 0 atom stereocenters. The maximum atomic E-state index is 9.34. The van der Waals surface area contributed by atoms with E-state index < -0.39 is 17.9 Å². The highest BCUT2D eigenvalue weighted by atomic mass is 16.4. The monoisotopic (exact) mass is 256 g/mol. The van der Waals surface area contributed by atoms with Crippen molar-refractivity contribution in [2.45, 2.75) is 38.5 Å². The van der Waals surface area contributed by atoms with E-state index in [1.807, 2.05) is 0 Å². The fourth-order valence-electron chi connectivity index (χ4n) is 1.65. The van der Waals surface area contributed by atoms with E-state index in [-0.39, 0.29) is 0 Å². The molecule has 1 rings (SSSR count). The lowest BCUT2D eigenvalue weighted by Crippen LogP contribution is -2.33. The standard InChI is InChI=1S/C14H17BN2O2/c1-13(2,8-16)10-5-11(14(3,4)9-17)7-12(6-10)15(18)19/h5-7,18-19H,1-4H3. The highest BCUT2D eigenvalue weighted by Gasteiger charge is 2.27. The third-order valence-corrected chi connectivity index (χ3v) is 3.26. The molecule has 0 aromatic heterocycles. The van der Waals surface area contributed by atoms with Gasteiger partial charge in [-0.1, -0.05) is 18.2 Å². The molecule has 5 heteroatoms. The van der Waals surface area contributed by atoms with Crippen LogP contribution in [0, 0.1) is 22.7 Å². The van der Waals surface area contributed by atoms with E-state index in [4.69, 9.17) is 0 Å². The van der Waals surface area contributed by atoms with E-state index in [2.05, 4.69) is 12.1 Å². The number of rotatable bonds is 3. The summed E-state index contributed by atoms with van der Waals surface area (Å²) in [5.41, 5.74) is 0.105. The molecule has 1 aromatic rings. The Hall–Kier alpha value is -1.82. The number of hydrogen-bond acceptors (Lipinski definition) is 4. The van der Waals surface area contributed by atoms with Gasteiger partial charge in [0.05, 0.1) is 23.0 Å². The molecule has 0 aliphatic heterocycles. The normalized spacial score (nSPS) is 11.6. The lowest BCUT2D eigenvalue weighted by Gasteiger charge is -2.23. The minimum atomic E-state index is -1.62. The summed E-state index contributed by atoms with van der Waals surface area (Å²) in [5.74, 6) is 0. The van der Waals surface area contributed by atoms with Crippen LogP contribution in [0.1, 0.15) is 38.8 Å². The molecule has 0 radical (unpaired) electrons. The van der Waals surface area contributed by atoms with E-state index in [1.54, 1.807) is 45.9 Å². The summed E-state index contributed by atoms with van der Waals surface area (Å²) < 4.78 is 0. The van der Waals surface area contributed by atoms with Gasteiger partial charge in [0.15, 0.2) is 0 Å². The van der Waals surface area contributed by atoms with E-state index in [0.29, 0.717) is 16.6 Å². The van der Waals surface area contributed by atoms with Gasteiger partial charge >= 0.3 is 7.12 Å². The number of hydrogen-bond donors (Lipinski definition) is 2. The van der Waals surface area contributed by atoms with Gasteiger partial charge in [0.1, 0.15) is 0 Å². The number of nitrogens with zero attached hydrogens (tertiary/aromatic N) is 2. The van der Waals surface area contributed by atoms with Gasteiger partial charge in [0.2, 0.25) is 0 Å². The summed E-state index contributed by atoms with van der Waals surface area (Å²) >= 11 is 0. The Morgan fingerprint density at radius 1 is 0.895 bits per heavy atom. The Bertz CT molecular complexity index is 522. The van der Waals surface area contributed by atoms with Crippen LogP contribution < -0.4 is 5.46 Å². The van der Waals surface area contributed by atoms with Gasteiger partial charge in [0, 0.05) is 0 Å². The SMILES string of the molecule is CC(C)(C#N)c1cc(B(O)O)cc(C(C)(C)C#N)c1. The molecule has 0 heterocycles. The maximum Gasteiger partial charge on any atom is 0.488 e. The van der Waals surface area contributed by atoms with Crippen LogP contribution in [0.4, 0.5) is 0 Å². The van der Waals surface area contributed by atoms with E-state index in [0.717, 1.165) is 0 Å². The Morgan fingerprint density at radius 2 is 1.26 bits per heavy atom. The first kappa shape index (κ1) is 15.2. The molecule has 0 amide bonds. The average molecular weight is 256 g/mol. The van der Waals surface area contributed by atoms with Gasteiger partial charge in [-0.2, -0.15) is 10.5 Å². The van der Waals surface area contributed by atoms with Crippen molar-refractivity contribution in [1.82, 2.24) is 0 Å². The molecule has 19 heavy (non-hydrogen) atoms. The highest BCUT2D eigenvalue weighted by Crippen LogP contribution is 2.28. The zero-order valence-electron chi connectivity index (χ0n) is 11.6. The lowest BCUT2D eigenvalue weighted by molar-refractivity contribution is 0.425. The highest BCUT2D eigenvalue weighted by molar-refractivity contribution is 6.58. The fourth-order valence-corrected chi connectivity index (χ4v) is 1.65. The first-order chi connectivity index (χ1) is 8.64. The first-order valence-corrected chi connectivity index (χ1v) is 5.98. The van der Waals surface area contributed by atoms with Crippen molar-refractivity contribution in [1.29, 1.82) is 10.5 Å². The third kappa shape index (κ3) is 3.14. The topological polar surface area (TPSA) is 88.0 Å². The molecule has 0 aliphatic rings. The van der Waals surface area contributed by atoms with Gasteiger partial charge in [0.25, 0.3) is 0 Å². The van der Waals surface area contributed by atoms with Crippen molar-refractivity contribution in [2.75, 3.05) is 0 Å². The van der Waals surface area contributed by atoms with Crippen LogP contribution in [0.5, 0.6) is 0 Å². The van der Waals surface area contributed by atoms with Crippen molar-refractivity contribution in [3.63, 3.8) is 0 Å². The van der Waals surface area contributed by atoms with Gasteiger partial charge in [-0.15, -0.1) is 0 Å². The first-order valence-electron chi connectivity index (χ1n) is 5.98. The Labute approximate surface area is 114 Å². The summed E-state index contributed by atoms with van der Waals surface area (Å²) in [6.45, 7) is 7.00. The Balaban J connectivity index is 3.54. The van der Waals surface area contributed by atoms with Crippen LogP contribution in [0.15, 0.2) is 18.2 Å². The Kier molecular flexibility index (Phi) is 4.05. The molecule has 0 fully saturated rings. The zero-order valence-corrected chi connectivity index (χ0v) is 11.6. The predicted octanol–water partition coefficient (Wildman–Crippen LogP) is 0.969. The van der Waals surface area contributed by atoms with Crippen molar-refractivity contribution >= 4 is 12.6 Å². The zero-order chi connectivity index (χ0) is 14.8. The van der Waals surface area contributed by atoms with Crippen molar-refractivity contribution in [3.8, 4) is 12.1 Å². The van der Waals surface area contributed by atoms with Crippen LogP contribution >= 0.6 is 0 Å². The minimum Gasteiger partial charge on any atom is -0.423 e. The van der Waals surface area contributed by atoms with Crippen LogP contribution in [-0.4, -0.2) is 17.2 Å². The van der Waals surface area contributed by atoms with Crippen LogP contribution in [-0.2, 0) is 10.8 Å². The van der Waals surface area contributed by atoms with E-state index >= 15 is 0 Å². The van der Waals surface area contributed by atoms with Crippen LogP contribution in [0.2, 0.25) is 0 Å². The second-order valence-electron chi connectivity index (χ2n) is 5.69. The lowest BCUT2D eigenvalue weighted by atomic mass is 9.72. The van der Waals surface area contributed by atoms with E-state index in [9.17, 15) is 20.6 Å². The summed E-state index contributed by atoms with van der Waals surface area (Å²) in [6.07, 6.45) is 0. The molecule has 0 saturated heterocycles. The molecule has 0 saturated carbocycles. The largest absolute Gasteiger partial charge is 0.488 e.